The van der Waals surface area contributed by atoms with Crippen LogP contribution in [0.25, 0.3) is 0 Å². The lowest BCUT2D eigenvalue weighted by molar-refractivity contribution is -0.117. The number of nitrogens with zero attached hydrogens (tertiary/aromatic N) is 2. The van der Waals surface area contributed by atoms with Crippen molar-refractivity contribution in [3.63, 3.8) is 0 Å². The second-order valence-corrected chi connectivity index (χ2v) is 5.45. The number of carbonyl (C=O) groups excluding carboxylic acids is 2. The Morgan fingerprint density at radius 1 is 1.25 bits per heavy atom. The van der Waals surface area contributed by atoms with Gasteiger partial charge in [0.25, 0.3) is 5.91 Å². The minimum absolute atomic E-state index is 0.0746. The van der Waals surface area contributed by atoms with Crippen molar-refractivity contribution in [3.05, 3.63) is 28.8 Å². The molecule has 2 amide bonds. The Morgan fingerprint density at radius 2 is 1.95 bits per heavy atom. The lowest BCUT2D eigenvalue weighted by Crippen LogP contribution is -2.32. The van der Waals surface area contributed by atoms with Crippen molar-refractivity contribution < 1.29 is 9.59 Å². The zero-order valence-electron chi connectivity index (χ0n) is 12.1. The topological polar surface area (TPSA) is 40.6 Å². The van der Waals surface area contributed by atoms with Crippen LogP contribution in [0.15, 0.2) is 12.1 Å². The van der Waals surface area contributed by atoms with Gasteiger partial charge < -0.3 is 9.80 Å². The molecule has 0 fully saturated rings. The van der Waals surface area contributed by atoms with Crippen LogP contribution < -0.4 is 4.90 Å². The largest absolute Gasteiger partial charge is 0.339 e. The van der Waals surface area contributed by atoms with Crippen LogP contribution in [0.4, 0.5) is 5.69 Å². The summed E-state index contributed by atoms with van der Waals surface area (Å²) in [6.45, 7) is 6.23. The average Bonchev–Trinajstić information content (AvgIpc) is 2.78. The molecule has 4 heteroatoms. The highest BCUT2D eigenvalue weighted by molar-refractivity contribution is 6.04. The van der Waals surface area contributed by atoms with Gasteiger partial charge in [-0.1, -0.05) is 0 Å². The molecule has 0 aromatic heterocycles. The van der Waals surface area contributed by atoms with Gasteiger partial charge in [0.1, 0.15) is 0 Å². The molecule has 3 rings (SSSR count). The average molecular weight is 272 g/mol. The Balaban J connectivity index is 2.03. The molecule has 0 unspecified atom stereocenters. The highest BCUT2D eigenvalue weighted by Crippen LogP contribution is 2.37. The molecule has 0 aliphatic carbocycles. The fourth-order valence-electron chi connectivity index (χ4n) is 3.30. The van der Waals surface area contributed by atoms with Gasteiger partial charge in [-0.15, -0.1) is 0 Å². The molecule has 106 valence electrons. The molecule has 0 radical (unpaired) electrons. The second-order valence-electron chi connectivity index (χ2n) is 5.45. The van der Waals surface area contributed by atoms with E-state index in [1.807, 2.05) is 35.8 Å². The first kappa shape index (κ1) is 13.2. The minimum Gasteiger partial charge on any atom is -0.339 e. The number of hydrogen-bond acceptors (Lipinski definition) is 2. The van der Waals surface area contributed by atoms with E-state index in [2.05, 4.69) is 0 Å². The van der Waals surface area contributed by atoms with Crippen molar-refractivity contribution in [1.29, 1.82) is 0 Å². The first-order chi connectivity index (χ1) is 9.65. The number of amides is 2. The summed E-state index contributed by atoms with van der Waals surface area (Å²) in [6.07, 6.45) is 2.40. The van der Waals surface area contributed by atoms with Crippen LogP contribution in [0, 0.1) is 0 Å². The third-order valence-corrected chi connectivity index (χ3v) is 4.31. The predicted molar refractivity (Wildman–Crippen MR) is 78.1 cm³/mol. The van der Waals surface area contributed by atoms with Crippen LogP contribution in [-0.4, -0.2) is 36.3 Å². The van der Waals surface area contributed by atoms with E-state index >= 15 is 0 Å². The SMILES string of the molecule is CCN(CC)C(=O)c1cc2c3c(c1)CC(=O)N3CCC2. The van der Waals surface area contributed by atoms with E-state index in [0.717, 1.165) is 41.8 Å². The predicted octanol–water partition coefficient (Wildman–Crippen LogP) is 2.00. The first-order valence-corrected chi connectivity index (χ1v) is 7.41. The van der Waals surface area contributed by atoms with Gasteiger partial charge in [0, 0.05) is 25.2 Å². The van der Waals surface area contributed by atoms with E-state index in [0.29, 0.717) is 19.5 Å². The van der Waals surface area contributed by atoms with Gasteiger partial charge in [0.15, 0.2) is 0 Å². The summed E-state index contributed by atoms with van der Waals surface area (Å²) >= 11 is 0. The molecule has 2 aliphatic rings. The number of rotatable bonds is 3. The molecule has 2 aliphatic heterocycles. The number of carbonyl (C=O) groups is 2. The summed E-state index contributed by atoms with van der Waals surface area (Å²) in [6, 6.07) is 3.91. The lowest BCUT2D eigenvalue weighted by atomic mass is 9.96. The Bertz CT molecular complexity index is 576. The Labute approximate surface area is 119 Å². The van der Waals surface area contributed by atoms with Gasteiger partial charge in [-0.05, 0) is 49.9 Å². The molecule has 1 aromatic rings. The van der Waals surface area contributed by atoms with Crippen molar-refractivity contribution in [1.82, 2.24) is 4.90 Å². The highest BCUT2D eigenvalue weighted by Gasteiger charge is 2.33. The number of anilines is 1. The van der Waals surface area contributed by atoms with Gasteiger partial charge in [0.2, 0.25) is 5.91 Å². The molecule has 2 heterocycles. The molecule has 0 bridgehead atoms. The number of aryl methyl sites for hydroxylation is 1. The summed E-state index contributed by atoms with van der Waals surface area (Å²) in [4.78, 5) is 28.2. The van der Waals surface area contributed by atoms with E-state index < -0.39 is 0 Å². The molecular formula is C16H20N2O2. The minimum atomic E-state index is 0.0746. The third kappa shape index (κ3) is 1.90. The zero-order chi connectivity index (χ0) is 14.3. The molecule has 4 nitrogen and oxygen atoms in total. The Hall–Kier alpha value is -1.84. The summed E-state index contributed by atoms with van der Waals surface area (Å²) in [5, 5.41) is 0. The van der Waals surface area contributed by atoms with Crippen LogP contribution in [0.5, 0.6) is 0 Å². The fraction of sp³-hybridized carbons (Fsp3) is 0.500. The maximum atomic E-state index is 12.5. The number of hydrogen-bond donors (Lipinski definition) is 0. The van der Waals surface area contributed by atoms with Crippen LogP contribution in [-0.2, 0) is 17.6 Å². The third-order valence-electron chi connectivity index (χ3n) is 4.31. The summed E-state index contributed by atoms with van der Waals surface area (Å²) in [7, 11) is 0. The fourth-order valence-corrected chi connectivity index (χ4v) is 3.30. The molecule has 1 aromatic carbocycles. The highest BCUT2D eigenvalue weighted by atomic mass is 16.2. The number of benzene rings is 1. The van der Waals surface area contributed by atoms with Crippen LogP contribution in [0.1, 0.15) is 41.8 Å². The quantitative estimate of drug-likeness (QED) is 0.844. The van der Waals surface area contributed by atoms with E-state index in [1.165, 1.54) is 0 Å². The van der Waals surface area contributed by atoms with Gasteiger partial charge in [0.05, 0.1) is 12.1 Å². The lowest BCUT2D eigenvalue weighted by Gasteiger charge is -2.26. The van der Waals surface area contributed by atoms with Gasteiger partial charge in [-0.25, -0.2) is 0 Å². The normalized spacial score (nSPS) is 16.3. The maximum absolute atomic E-state index is 12.5. The molecule has 0 saturated heterocycles. The van der Waals surface area contributed by atoms with Crippen molar-refractivity contribution in [2.75, 3.05) is 24.5 Å². The molecular weight excluding hydrogens is 252 g/mol. The van der Waals surface area contributed by atoms with Crippen LogP contribution >= 0.6 is 0 Å². The second kappa shape index (κ2) is 4.93. The van der Waals surface area contributed by atoms with E-state index in [-0.39, 0.29) is 11.8 Å². The van der Waals surface area contributed by atoms with Crippen LogP contribution in [0.2, 0.25) is 0 Å². The van der Waals surface area contributed by atoms with Crippen molar-refractivity contribution in [3.8, 4) is 0 Å². The standard InChI is InChI=1S/C16H20N2O2/c1-3-17(4-2)16(20)13-8-11-6-5-7-18-14(19)10-12(9-13)15(11)18/h8-9H,3-7,10H2,1-2H3. The summed E-state index contributed by atoms with van der Waals surface area (Å²) < 4.78 is 0. The van der Waals surface area contributed by atoms with Gasteiger partial charge in [-0.2, -0.15) is 0 Å². The first-order valence-electron chi connectivity index (χ1n) is 7.41. The zero-order valence-corrected chi connectivity index (χ0v) is 12.1. The molecule has 20 heavy (non-hydrogen) atoms. The molecule has 0 atom stereocenters. The van der Waals surface area contributed by atoms with E-state index in [4.69, 9.17) is 0 Å². The monoisotopic (exact) mass is 272 g/mol. The smallest absolute Gasteiger partial charge is 0.253 e. The maximum Gasteiger partial charge on any atom is 0.253 e. The van der Waals surface area contributed by atoms with E-state index in [1.54, 1.807) is 0 Å². The Kier molecular flexibility index (Phi) is 3.24. The Morgan fingerprint density at radius 3 is 2.65 bits per heavy atom. The van der Waals surface area contributed by atoms with Gasteiger partial charge in [-0.3, -0.25) is 9.59 Å². The summed E-state index contributed by atoms with van der Waals surface area (Å²) in [5.41, 5.74) is 4.01. The van der Waals surface area contributed by atoms with Crippen molar-refractivity contribution in [2.45, 2.75) is 33.1 Å². The molecule has 0 spiro atoms. The molecule has 0 saturated carbocycles. The van der Waals surface area contributed by atoms with Crippen molar-refractivity contribution >= 4 is 17.5 Å². The van der Waals surface area contributed by atoms with E-state index in [9.17, 15) is 9.59 Å². The summed E-state index contributed by atoms with van der Waals surface area (Å²) in [5.74, 6) is 0.249. The molecule has 0 N–H and O–H groups in total. The van der Waals surface area contributed by atoms with Crippen molar-refractivity contribution in [2.24, 2.45) is 0 Å². The van der Waals surface area contributed by atoms with Gasteiger partial charge >= 0.3 is 0 Å². The van der Waals surface area contributed by atoms with Crippen LogP contribution in [0.3, 0.4) is 0 Å².